The third kappa shape index (κ3) is 4.73. The summed E-state index contributed by atoms with van der Waals surface area (Å²) in [5.41, 5.74) is 1.25. The minimum Gasteiger partial charge on any atom is -0.457 e. The molecule has 0 aliphatic carbocycles. The lowest BCUT2D eigenvalue weighted by Gasteiger charge is -2.15. The number of hydrogen-bond acceptors (Lipinski definition) is 5. The zero-order valence-electron chi connectivity index (χ0n) is 14.2. The Morgan fingerprint density at radius 1 is 1.04 bits per heavy atom. The smallest absolute Gasteiger partial charge is 0.316 e. The largest absolute Gasteiger partial charge is 0.457 e. The highest BCUT2D eigenvalue weighted by molar-refractivity contribution is 8.00. The van der Waals surface area contributed by atoms with Gasteiger partial charge < -0.3 is 9.64 Å². The predicted octanol–water partition coefficient (Wildman–Crippen LogP) is 3.33. The summed E-state index contributed by atoms with van der Waals surface area (Å²) in [5.74, 6) is -0.421. The van der Waals surface area contributed by atoms with Crippen molar-refractivity contribution in [3.8, 4) is 0 Å². The molecule has 0 N–H and O–H groups in total. The third-order valence-corrected chi connectivity index (χ3v) is 5.02. The second-order valence-corrected chi connectivity index (χ2v) is 6.93. The Balaban J connectivity index is 1.47. The van der Waals surface area contributed by atoms with Crippen molar-refractivity contribution in [2.75, 3.05) is 23.8 Å². The van der Waals surface area contributed by atoms with Gasteiger partial charge in [-0.25, -0.2) is 0 Å². The van der Waals surface area contributed by atoms with E-state index in [1.165, 1.54) is 11.8 Å². The van der Waals surface area contributed by atoms with Gasteiger partial charge in [0.1, 0.15) is 0 Å². The Kier molecular flexibility index (Phi) is 6.07. The summed E-state index contributed by atoms with van der Waals surface area (Å²) in [6.07, 6.45) is 1.42. The first-order chi connectivity index (χ1) is 12.6. The number of esters is 1. The summed E-state index contributed by atoms with van der Waals surface area (Å²) in [7, 11) is 0. The highest BCUT2D eigenvalue weighted by Crippen LogP contribution is 2.22. The molecule has 6 heteroatoms. The summed E-state index contributed by atoms with van der Waals surface area (Å²) in [6, 6.07) is 16.4. The second kappa shape index (κ2) is 8.67. The van der Waals surface area contributed by atoms with Crippen LogP contribution >= 0.6 is 11.8 Å². The molecule has 1 heterocycles. The Morgan fingerprint density at radius 2 is 1.77 bits per heavy atom. The number of ketones is 1. The van der Waals surface area contributed by atoms with Crippen LogP contribution in [0.3, 0.4) is 0 Å². The molecule has 0 atom stereocenters. The van der Waals surface area contributed by atoms with E-state index in [0.717, 1.165) is 17.0 Å². The number of anilines is 1. The van der Waals surface area contributed by atoms with Crippen molar-refractivity contribution in [3.63, 3.8) is 0 Å². The van der Waals surface area contributed by atoms with Crippen molar-refractivity contribution in [2.24, 2.45) is 0 Å². The molecule has 1 aliphatic heterocycles. The van der Waals surface area contributed by atoms with E-state index in [0.29, 0.717) is 18.5 Å². The molecule has 0 spiro atoms. The van der Waals surface area contributed by atoms with Crippen LogP contribution in [0.15, 0.2) is 59.5 Å². The number of benzene rings is 2. The molecular formula is C20H19NO4S. The molecule has 0 unspecified atom stereocenters. The number of carbonyl (C=O) groups excluding carboxylic acids is 3. The first kappa shape index (κ1) is 18.2. The number of hydrogen-bond donors (Lipinski definition) is 0. The number of amides is 1. The van der Waals surface area contributed by atoms with E-state index in [-0.39, 0.29) is 24.1 Å². The average molecular weight is 369 g/mol. The number of nitrogens with zero attached hydrogens (tertiary/aromatic N) is 1. The predicted molar refractivity (Wildman–Crippen MR) is 100 cm³/mol. The quantitative estimate of drug-likeness (QED) is 0.426. The molecule has 0 aromatic heterocycles. The molecule has 0 saturated carbocycles. The van der Waals surface area contributed by atoms with E-state index in [1.54, 1.807) is 29.2 Å². The van der Waals surface area contributed by atoms with Gasteiger partial charge >= 0.3 is 5.97 Å². The maximum atomic E-state index is 12.2. The molecule has 3 rings (SSSR count). The lowest BCUT2D eigenvalue weighted by molar-refractivity contribution is -0.139. The van der Waals surface area contributed by atoms with Crippen molar-refractivity contribution >= 4 is 35.1 Å². The van der Waals surface area contributed by atoms with Crippen molar-refractivity contribution in [2.45, 2.75) is 17.7 Å². The van der Waals surface area contributed by atoms with Crippen LogP contribution in [0.2, 0.25) is 0 Å². The number of carbonyl (C=O) groups is 3. The van der Waals surface area contributed by atoms with Crippen LogP contribution in [0, 0.1) is 0 Å². The van der Waals surface area contributed by atoms with E-state index in [2.05, 4.69) is 0 Å². The summed E-state index contributed by atoms with van der Waals surface area (Å²) >= 11 is 1.37. The van der Waals surface area contributed by atoms with Gasteiger partial charge in [0.15, 0.2) is 12.4 Å². The minimum absolute atomic E-state index is 0.105. The van der Waals surface area contributed by atoms with Gasteiger partial charge in [-0.15, -0.1) is 11.8 Å². The number of thioether (sulfide) groups is 1. The normalized spacial score (nSPS) is 13.7. The Labute approximate surface area is 156 Å². The number of rotatable bonds is 7. The molecule has 1 saturated heterocycles. The number of ether oxygens (including phenoxy) is 1. The fraction of sp³-hybridized carbons (Fsp3) is 0.250. The van der Waals surface area contributed by atoms with Crippen LogP contribution in [0.5, 0.6) is 0 Å². The van der Waals surface area contributed by atoms with Crippen LogP contribution < -0.4 is 4.90 Å². The summed E-state index contributed by atoms with van der Waals surface area (Å²) in [4.78, 5) is 38.4. The van der Waals surface area contributed by atoms with Crippen molar-refractivity contribution in [1.29, 1.82) is 0 Å². The van der Waals surface area contributed by atoms with Gasteiger partial charge in [-0.2, -0.15) is 0 Å². The molecule has 1 fully saturated rings. The van der Waals surface area contributed by atoms with Crippen LogP contribution in [-0.2, 0) is 14.3 Å². The lowest BCUT2D eigenvalue weighted by Crippen LogP contribution is -2.23. The highest BCUT2D eigenvalue weighted by atomic mass is 32.2. The van der Waals surface area contributed by atoms with Gasteiger partial charge in [0, 0.05) is 29.1 Å². The van der Waals surface area contributed by atoms with E-state index in [1.807, 2.05) is 30.3 Å². The molecule has 1 amide bonds. The molecule has 2 aromatic carbocycles. The topological polar surface area (TPSA) is 63.7 Å². The Morgan fingerprint density at radius 3 is 2.42 bits per heavy atom. The van der Waals surface area contributed by atoms with Gasteiger partial charge in [-0.3, -0.25) is 14.4 Å². The second-order valence-electron chi connectivity index (χ2n) is 5.88. The van der Waals surface area contributed by atoms with Crippen molar-refractivity contribution in [3.05, 3.63) is 60.2 Å². The van der Waals surface area contributed by atoms with Crippen LogP contribution in [-0.4, -0.2) is 36.6 Å². The van der Waals surface area contributed by atoms with Gasteiger partial charge in [0.2, 0.25) is 5.91 Å². The molecule has 0 radical (unpaired) electrons. The number of Topliss-reactive ketones (excluding diaryl/α,β-unsaturated/α-hetero) is 1. The summed E-state index contributed by atoms with van der Waals surface area (Å²) in [5, 5.41) is 0. The lowest BCUT2D eigenvalue weighted by atomic mass is 10.1. The molecule has 1 aliphatic rings. The Bertz CT molecular complexity index is 789. The zero-order chi connectivity index (χ0) is 18.4. The Hall–Kier alpha value is -2.60. The zero-order valence-corrected chi connectivity index (χ0v) is 15.0. The van der Waals surface area contributed by atoms with E-state index < -0.39 is 5.97 Å². The molecule has 2 aromatic rings. The molecule has 26 heavy (non-hydrogen) atoms. The molecule has 134 valence electrons. The molecule has 5 nitrogen and oxygen atoms in total. The van der Waals surface area contributed by atoms with E-state index >= 15 is 0 Å². The van der Waals surface area contributed by atoms with E-state index in [9.17, 15) is 14.4 Å². The third-order valence-electron chi connectivity index (χ3n) is 4.04. The maximum absolute atomic E-state index is 12.2. The van der Waals surface area contributed by atoms with Gasteiger partial charge in [-0.1, -0.05) is 18.2 Å². The highest BCUT2D eigenvalue weighted by Gasteiger charge is 2.21. The minimum atomic E-state index is -0.425. The summed E-state index contributed by atoms with van der Waals surface area (Å²) in [6.45, 7) is 0.430. The van der Waals surface area contributed by atoms with Gasteiger partial charge in [-0.05, 0) is 42.8 Å². The fourth-order valence-electron chi connectivity index (χ4n) is 2.68. The standard InChI is InChI=1S/C20H19NO4S/c22-18(13-25-20(24)14-26-17-5-2-1-3-6-17)15-8-10-16(11-9-15)21-12-4-7-19(21)23/h1-3,5-6,8-11H,4,7,12-14H2. The average Bonchev–Trinajstić information content (AvgIpc) is 3.11. The van der Waals surface area contributed by atoms with Gasteiger partial charge in [0.05, 0.1) is 5.75 Å². The van der Waals surface area contributed by atoms with Gasteiger partial charge in [0.25, 0.3) is 0 Å². The molecular weight excluding hydrogens is 350 g/mol. The maximum Gasteiger partial charge on any atom is 0.316 e. The first-order valence-electron chi connectivity index (χ1n) is 8.40. The van der Waals surface area contributed by atoms with E-state index in [4.69, 9.17) is 4.74 Å². The fourth-order valence-corrected chi connectivity index (χ4v) is 3.40. The van der Waals surface area contributed by atoms with Crippen LogP contribution in [0.1, 0.15) is 23.2 Å². The van der Waals surface area contributed by atoms with Crippen LogP contribution in [0.25, 0.3) is 0 Å². The molecule has 0 bridgehead atoms. The SMILES string of the molecule is O=C(CSc1ccccc1)OCC(=O)c1ccc(N2CCCC2=O)cc1. The summed E-state index contributed by atoms with van der Waals surface area (Å²) < 4.78 is 5.05. The van der Waals surface area contributed by atoms with Crippen LogP contribution in [0.4, 0.5) is 5.69 Å². The van der Waals surface area contributed by atoms with Crippen molar-refractivity contribution in [1.82, 2.24) is 0 Å². The monoisotopic (exact) mass is 369 g/mol. The first-order valence-corrected chi connectivity index (χ1v) is 9.39. The van der Waals surface area contributed by atoms with Crippen molar-refractivity contribution < 1.29 is 19.1 Å².